The molecule has 0 radical (unpaired) electrons. The zero-order valence-electron chi connectivity index (χ0n) is 13.8. The SMILES string of the molecule is CCCc1ncc(C(=O)N2CCCC(C(=O)NCCN)C2)s1.Cl.Cl. The molecule has 24 heavy (non-hydrogen) atoms. The standard InChI is InChI=1S/C15H24N4O2S.2ClH/c1-2-4-13-18-9-12(22-13)15(21)19-8-3-5-11(10-19)14(20)17-7-6-16;;/h9,11H,2-8,10,16H2,1H3,(H,17,20);2*1H. The van der Waals surface area contributed by atoms with Crippen LogP contribution in [0.1, 0.15) is 40.9 Å². The Hall–Kier alpha value is -0.890. The maximum absolute atomic E-state index is 12.5. The van der Waals surface area contributed by atoms with Crippen molar-refractivity contribution in [3.63, 3.8) is 0 Å². The zero-order chi connectivity index (χ0) is 15.9. The average molecular weight is 397 g/mol. The summed E-state index contributed by atoms with van der Waals surface area (Å²) in [6, 6.07) is 0. The number of carbonyl (C=O) groups is 2. The molecule has 6 nitrogen and oxygen atoms in total. The molecule has 1 saturated heterocycles. The van der Waals surface area contributed by atoms with Crippen molar-refractivity contribution in [2.45, 2.75) is 32.6 Å². The Balaban J connectivity index is 0.00000264. The second-order valence-electron chi connectivity index (χ2n) is 5.54. The lowest BCUT2D eigenvalue weighted by atomic mass is 9.97. The maximum atomic E-state index is 12.5. The van der Waals surface area contributed by atoms with Crippen molar-refractivity contribution in [3.8, 4) is 0 Å². The summed E-state index contributed by atoms with van der Waals surface area (Å²) in [5.41, 5.74) is 5.40. The van der Waals surface area contributed by atoms with Gasteiger partial charge in [-0.1, -0.05) is 6.92 Å². The highest BCUT2D eigenvalue weighted by Gasteiger charge is 2.29. The number of likely N-dealkylation sites (tertiary alicyclic amines) is 1. The van der Waals surface area contributed by atoms with Crippen LogP contribution in [0.15, 0.2) is 6.20 Å². The minimum atomic E-state index is -0.132. The van der Waals surface area contributed by atoms with Gasteiger partial charge in [0.25, 0.3) is 5.91 Å². The number of rotatable bonds is 6. The first kappa shape index (κ1) is 23.1. The largest absolute Gasteiger partial charge is 0.355 e. The first-order valence-corrected chi connectivity index (χ1v) is 8.69. The van der Waals surface area contributed by atoms with E-state index in [9.17, 15) is 9.59 Å². The fourth-order valence-electron chi connectivity index (χ4n) is 2.61. The summed E-state index contributed by atoms with van der Waals surface area (Å²) >= 11 is 1.46. The molecule has 1 aliphatic heterocycles. The molecule has 2 rings (SSSR count). The van der Waals surface area contributed by atoms with Gasteiger partial charge in [-0.15, -0.1) is 36.2 Å². The van der Waals surface area contributed by atoms with E-state index in [2.05, 4.69) is 17.2 Å². The topological polar surface area (TPSA) is 88.3 Å². The molecule has 1 unspecified atom stereocenters. The Bertz CT molecular complexity index is 527. The van der Waals surface area contributed by atoms with Gasteiger partial charge in [0.15, 0.2) is 0 Å². The van der Waals surface area contributed by atoms with Gasteiger partial charge >= 0.3 is 0 Å². The van der Waals surface area contributed by atoms with Gasteiger partial charge in [0.2, 0.25) is 5.91 Å². The molecule has 2 heterocycles. The highest BCUT2D eigenvalue weighted by Crippen LogP contribution is 2.22. The summed E-state index contributed by atoms with van der Waals surface area (Å²) in [6.45, 7) is 4.20. The number of carbonyl (C=O) groups excluding carboxylic acids is 2. The first-order chi connectivity index (χ1) is 10.7. The number of nitrogens with two attached hydrogens (primary N) is 1. The number of nitrogens with zero attached hydrogens (tertiary/aromatic N) is 2. The molecule has 0 saturated carbocycles. The van der Waals surface area contributed by atoms with E-state index in [1.165, 1.54) is 11.3 Å². The number of thiazole rings is 1. The minimum absolute atomic E-state index is 0. The molecule has 138 valence electrons. The van der Waals surface area contributed by atoms with Gasteiger partial charge in [0.1, 0.15) is 4.88 Å². The van der Waals surface area contributed by atoms with Crippen LogP contribution in [0.3, 0.4) is 0 Å². The summed E-state index contributed by atoms with van der Waals surface area (Å²) in [5, 5.41) is 3.81. The smallest absolute Gasteiger partial charge is 0.265 e. The summed E-state index contributed by atoms with van der Waals surface area (Å²) in [6.07, 6.45) is 5.27. The van der Waals surface area contributed by atoms with Gasteiger partial charge in [0, 0.05) is 26.2 Å². The number of halogens is 2. The average Bonchev–Trinajstić information content (AvgIpc) is 3.01. The molecule has 2 amide bonds. The lowest BCUT2D eigenvalue weighted by molar-refractivity contribution is -0.126. The van der Waals surface area contributed by atoms with Crippen molar-refractivity contribution >= 4 is 48.0 Å². The second kappa shape index (κ2) is 11.6. The van der Waals surface area contributed by atoms with E-state index < -0.39 is 0 Å². The predicted molar refractivity (Wildman–Crippen MR) is 101 cm³/mol. The molecule has 1 aliphatic rings. The van der Waals surface area contributed by atoms with Gasteiger partial charge in [-0.25, -0.2) is 4.98 Å². The molecular weight excluding hydrogens is 371 g/mol. The maximum Gasteiger partial charge on any atom is 0.265 e. The van der Waals surface area contributed by atoms with Crippen molar-refractivity contribution in [2.75, 3.05) is 26.2 Å². The van der Waals surface area contributed by atoms with Crippen molar-refractivity contribution in [1.82, 2.24) is 15.2 Å². The highest BCUT2D eigenvalue weighted by molar-refractivity contribution is 7.13. The number of aromatic nitrogens is 1. The van der Waals surface area contributed by atoms with Crippen molar-refractivity contribution in [1.29, 1.82) is 0 Å². The van der Waals surface area contributed by atoms with E-state index in [0.29, 0.717) is 31.1 Å². The van der Waals surface area contributed by atoms with Crippen LogP contribution in [0.2, 0.25) is 0 Å². The number of amides is 2. The summed E-state index contributed by atoms with van der Waals surface area (Å²) in [5.74, 6) is -0.137. The van der Waals surface area contributed by atoms with Crippen LogP contribution in [0.5, 0.6) is 0 Å². The molecule has 0 aliphatic carbocycles. The van der Waals surface area contributed by atoms with Gasteiger partial charge in [-0.2, -0.15) is 0 Å². The molecule has 0 bridgehead atoms. The third-order valence-electron chi connectivity index (χ3n) is 3.75. The second-order valence-corrected chi connectivity index (χ2v) is 6.65. The molecule has 1 aromatic rings. The minimum Gasteiger partial charge on any atom is -0.355 e. The van der Waals surface area contributed by atoms with E-state index in [1.807, 2.05) is 0 Å². The summed E-state index contributed by atoms with van der Waals surface area (Å²) in [7, 11) is 0. The Morgan fingerprint density at radius 3 is 2.88 bits per heavy atom. The number of hydrogen-bond donors (Lipinski definition) is 2. The van der Waals surface area contributed by atoms with Gasteiger partial charge in [-0.05, 0) is 25.7 Å². The van der Waals surface area contributed by atoms with E-state index in [1.54, 1.807) is 11.1 Å². The van der Waals surface area contributed by atoms with Crippen LogP contribution in [-0.2, 0) is 11.2 Å². The Morgan fingerprint density at radius 1 is 1.46 bits per heavy atom. The van der Waals surface area contributed by atoms with Crippen LogP contribution in [0.4, 0.5) is 0 Å². The van der Waals surface area contributed by atoms with E-state index in [-0.39, 0.29) is 42.5 Å². The fraction of sp³-hybridized carbons (Fsp3) is 0.667. The Morgan fingerprint density at radius 2 is 2.21 bits per heavy atom. The molecule has 1 aromatic heterocycles. The highest BCUT2D eigenvalue weighted by atomic mass is 35.5. The van der Waals surface area contributed by atoms with Crippen molar-refractivity contribution in [2.24, 2.45) is 11.7 Å². The van der Waals surface area contributed by atoms with Crippen LogP contribution >= 0.6 is 36.2 Å². The van der Waals surface area contributed by atoms with Crippen LogP contribution in [0.25, 0.3) is 0 Å². The Labute approximate surface area is 159 Å². The monoisotopic (exact) mass is 396 g/mol. The lowest BCUT2D eigenvalue weighted by Gasteiger charge is -2.31. The number of piperidine rings is 1. The van der Waals surface area contributed by atoms with Crippen LogP contribution in [0, 0.1) is 5.92 Å². The molecule has 9 heteroatoms. The quantitative estimate of drug-likeness (QED) is 0.767. The fourth-order valence-corrected chi connectivity index (χ4v) is 3.60. The molecule has 1 atom stereocenters. The summed E-state index contributed by atoms with van der Waals surface area (Å²) < 4.78 is 0. The van der Waals surface area contributed by atoms with Gasteiger partial charge in [-0.3, -0.25) is 9.59 Å². The van der Waals surface area contributed by atoms with Crippen LogP contribution < -0.4 is 11.1 Å². The van der Waals surface area contributed by atoms with E-state index in [4.69, 9.17) is 5.73 Å². The van der Waals surface area contributed by atoms with Gasteiger partial charge < -0.3 is 16.0 Å². The third kappa shape index (κ3) is 6.20. The molecular formula is C15H26Cl2N4O2S. The number of nitrogens with one attached hydrogen (secondary N) is 1. The van der Waals surface area contributed by atoms with Gasteiger partial charge in [0.05, 0.1) is 17.1 Å². The molecule has 3 N–H and O–H groups in total. The number of hydrogen-bond acceptors (Lipinski definition) is 5. The van der Waals surface area contributed by atoms with Crippen molar-refractivity contribution in [3.05, 3.63) is 16.1 Å². The lowest BCUT2D eigenvalue weighted by Crippen LogP contribution is -2.46. The predicted octanol–water partition coefficient (Wildman–Crippen LogP) is 1.87. The van der Waals surface area contributed by atoms with Crippen molar-refractivity contribution < 1.29 is 9.59 Å². The molecule has 0 spiro atoms. The summed E-state index contributed by atoms with van der Waals surface area (Å²) in [4.78, 5) is 31.3. The Kier molecular flexibility index (Phi) is 11.2. The third-order valence-corrected chi connectivity index (χ3v) is 4.80. The van der Waals surface area contributed by atoms with E-state index in [0.717, 1.165) is 30.7 Å². The van der Waals surface area contributed by atoms with E-state index >= 15 is 0 Å². The normalized spacial score (nSPS) is 16.8. The zero-order valence-corrected chi connectivity index (χ0v) is 16.3. The number of aryl methyl sites for hydroxylation is 1. The molecule has 1 fully saturated rings. The first-order valence-electron chi connectivity index (χ1n) is 7.87. The molecule has 0 aromatic carbocycles. The van der Waals surface area contributed by atoms with Crippen LogP contribution in [-0.4, -0.2) is 47.9 Å².